The number of carboxylic acid groups (broad SMARTS) is 1. The van der Waals surface area contributed by atoms with E-state index in [2.05, 4.69) is 6.07 Å². The van der Waals surface area contributed by atoms with E-state index in [1.54, 1.807) is 6.92 Å². The van der Waals surface area contributed by atoms with Crippen LogP contribution in [0.4, 0.5) is 0 Å². The summed E-state index contributed by atoms with van der Waals surface area (Å²) in [5, 5.41) is 10.6. The third kappa shape index (κ3) is 2.17. The molecule has 2 aromatic carbocycles. The van der Waals surface area contributed by atoms with Gasteiger partial charge in [0.1, 0.15) is 11.7 Å². The fourth-order valence-corrected chi connectivity index (χ4v) is 3.98. The van der Waals surface area contributed by atoms with Crippen LogP contribution in [0.15, 0.2) is 48.5 Å². The molecule has 1 N–H and O–H groups in total. The number of hydrogen-bond donors (Lipinski definition) is 1. The Bertz CT molecular complexity index is 1040. The molecule has 0 saturated heterocycles. The first-order valence-corrected chi connectivity index (χ1v) is 8.61. The smallest absolute Gasteiger partial charge is 0.326 e. The van der Waals surface area contributed by atoms with Gasteiger partial charge in [0.15, 0.2) is 0 Å². The molecule has 2 heterocycles. The molecule has 26 heavy (non-hydrogen) atoms. The van der Waals surface area contributed by atoms with Gasteiger partial charge in [-0.2, -0.15) is 0 Å². The number of carbonyl (C=O) groups excluding carboxylic acids is 1. The normalized spacial score (nSPS) is 17.6. The molecule has 1 amide bonds. The molecule has 0 radical (unpaired) electrons. The van der Waals surface area contributed by atoms with E-state index in [0.717, 1.165) is 27.6 Å². The average Bonchev–Trinajstić information content (AvgIpc) is 3.08. The molecule has 0 saturated carbocycles. The van der Waals surface area contributed by atoms with Gasteiger partial charge in [-0.3, -0.25) is 4.79 Å². The number of fused-ring (bicyclic) bond motifs is 3. The van der Waals surface area contributed by atoms with Crippen LogP contribution in [0.5, 0.6) is 0 Å². The van der Waals surface area contributed by atoms with Crippen molar-refractivity contribution in [2.75, 3.05) is 0 Å². The quantitative estimate of drug-likeness (QED) is 0.788. The number of aliphatic carboxylic acids is 1. The predicted molar refractivity (Wildman–Crippen MR) is 99.2 cm³/mol. The summed E-state index contributed by atoms with van der Waals surface area (Å²) in [5.74, 6) is -1.24. The molecule has 0 bridgehead atoms. The van der Waals surface area contributed by atoms with Crippen molar-refractivity contribution in [1.82, 2.24) is 9.47 Å². The number of hydrogen-bond acceptors (Lipinski definition) is 2. The summed E-state index contributed by atoms with van der Waals surface area (Å²) in [5.41, 5.74) is 4.48. The van der Waals surface area contributed by atoms with Crippen molar-refractivity contribution in [2.45, 2.75) is 25.9 Å². The number of nitrogens with zero attached hydrogens (tertiary/aromatic N) is 2. The topological polar surface area (TPSA) is 62.5 Å². The van der Waals surface area contributed by atoms with E-state index in [-0.39, 0.29) is 5.91 Å². The SMILES string of the molecule is Cc1ccc2c(c1)c1c(n2C)C(=O)N(C(C)C(=O)O)C1c1ccccc1. The number of carbonyl (C=O) groups is 2. The Morgan fingerprint density at radius 2 is 1.85 bits per heavy atom. The van der Waals surface area contributed by atoms with Gasteiger partial charge in [-0.05, 0) is 31.5 Å². The second kappa shape index (κ2) is 5.73. The highest BCUT2D eigenvalue weighted by atomic mass is 16.4. The highest BCUT2D eigenvalue weighted by Gasteiger charge is 2.45. The van der Waals surface area contributed by atoms with Crippen LogP contribution in [0.3, 0.4) is 0 Å². The number of benzene rings is 2. The van der Waals surface area contributed by atoms with Crippen molar-refractivity contribution >= 4 is 22.8 Å². The van der Waals surface area contributed by atoms with E-state index in [0.29, 0.717) is 5.69 Å². The average molecular weight is 348 g/mol. The van der Waals surface area contributed by atoms with Crippen molar-refractivity contribution in [3.63, 3.8) is 0 Å². The van der Waals surface area contributed by atoms with Crippen molar-refractivity contribution in [2.24, 2.45) is 7.05 Å². The maximum atomic E-state index is 13.2. The van der Waals surface area contributed by atoms with Gasteiger partial charge in [0, 0.05) is 23.5 Å². The zero-order valence-electron chi connectivity index (χ0n) is 14.9. The number of carboxylic acids is 1. The Hall–Kier alpha value is -3.08. The Morgan fingerprint density at radius 1 is 1.15 bits per heavy atom. The minimum atomic E-state index is -1.01. The molecule has 1 aliphatic rings. The van der Waals surface area contributed by atoms with E-state index >= 15 is 0 Å². The van der Waals surface area contributed by atoms with Gasteiger partial charge in [0.2, 0.25) is 0 Å². The lowest BCUT2D eigenvalue weighted by atomic mass is 9.96. The van der Waals surface area contributed by atoms with Crippen LogP contribution in [0.1, 0.15) is 40.1 Å². The second-order valence-electron chi connectivity index (χ2n) is 6.88. The van der Waals surface area contributed by atoms with Crippen molar-refractivity contribution in [3.05, 3.63) is 70.9 Å². The largest absolute Gasteiger partial charge is 0.480 e. The van der Waals surface area contributed by atoms with Crippen molar-refractivity contribution < 1.29 is 14.7 Å². The Kier molecular flexibility index (Phi) is 3.61. The number of rotatable bonds is 3. The molecule has 1 aromatic heterocycles. The molecule has 2 atom stereocenters. The monoisotopic (exact) mass is 348 g/mol. The molecule has 3 aromatic rings. The first kappa shape index (κ1) is 16.4. The van der Waals surface area contributed by atoms with Crippen LogP contribution < -0.4 is 0 Å². The fraction of sp³-hybridized carbons (Fsp3) is 0.238. The van der Waals surface area contributed by atoms with Crippen molar-refractivity contribution in [1.29, 1.82) is 0 Å². The van der Waals surface area contributed by atoms with Crippen LogP contribution in [-0.4, -0.2) is 32.5 Å². The van der Waals surface area contributed by atoms with Gasteiger partial charge in [-0.15, -0.1) is 0 Å². The number of aryl methyl sites for hydroxylation is 2. The highest BCUT2D eigenvalue weighted by Crippen LogP contribution is 2.45. The van der Waals surface area contributed by atoms with E-state index in [4.69, 9.17) is 0 Å². The molecule has 1 aliphatic heterocycles. The van der Waals surface area contributed by atoms with E-state index in [1.165, 1.54) is 4.90 Å². The lowest BCUT2D eigenvalue weighted by molar-refractivity contribution is -0.142. The first-order valence-electron chi connectivity index (χ1n) is 8.61. The summed E-state index contributed by atoms with van der Waals surface area (Å²) >= 11 is 0. The number of amides is 1. The van der Waals surface area contributed by atoms with E-state index in [9.17, 15) is 14.7 Å². The van der Waals surface area contributed by atoms with E-state index in [1.807, 2.05) is 61.0 Å². The van der Waals surface area contributed by atoms with Crippen LogP contribution >= 0.6 is 0 Å². The van der Waals surface area contributed by atoms with Gasteiger partial charge in [0.25, 0.3) is 5.91 Å². The Balaban J connectivity index is 2.04. The fourth-order valence-electron chi connectivity index (χ4n) is 3.98. The lowest BCUT2D eigenvalue weighted by Gasteiger charge is -2.29. The minimum Gasteiger partial charge on any atom is -0.480 e. The lowest BCUT2D eigenvalue weighted by Crippen LogP contribution is -2.42. The standard InChI is InChI=1S/C21H20N2O3/c1-12-9-10-16-15(11-12)17-18(14-7-5-4-6-8-14)23(13(2)21(25)26)20(24)19(17)22(16)3/h4-11,13,18H,1-3H3,(H,25,26). The Morgan fingerprint density at radius 3 is 2.50 bits per heavy atom. The summed E-state index contributed by atoms with van der Waals surface area (Å²) < 4.78 is 1.89. The summed E-state index contributed by atoms with van der Waals surface area (Å²) in [7, 11) is 1.87. The van der Waals surface area contributed by atoms with Crippen LogP contribution in [0, 0.1) is 6.92 Å². The molecule has 4 rings (SSSR count). The van der Waals surface area contributed by atoms with Crippen LogP contribution in [0.2, 0.25) is 0 Å². The molecule has 2 unspecified atom stereocenters. The first-order chi connectivity index (χ1) is 12.4. The van der Waals surface area contributed by atoms with Gasteiger partial charge in [-0.1, -0.05) is 42.0 Å². The minimum absolute atomic E-state index is 0.236. The summed E-state index contributed by atoms with van der Waals surface area (Å²) in [6, 6.07) is 14.4. The molecular weight excluding hydrogens is 328 g/mol. The third-order valence-electron chi connectivity index (χ3n) is 5.27. The maximum absolute atomic E-state index is 13.2. The zero-order chi connectivity index (χ0) is 18.6. The molecule has 5 nitrogen and oxygen atoms in total. The van der Waals surface area contributed by atoms with Crippen LogP contribution in [-0.2, 0) is 11.8 Å². The van der Waals surface area contributed by atoms with Gasteiger partial charge >= 0.3 is 5.97 Å². The van der Waals surface area contributed by atoms with Crippen LogP contribution in [0.25, 0.3) is 10.9 Å². The molecule has 5 heteroatoms. The highest BCUT2D eigenvalue weighted by molar-refractivity contribution is 6.07. The molecule has 0 aliphatic carbocycles. The second-order valence-corrected chi connectivity index (χ2v) is 6.88. The molecule has 0 spiro atoms. The van der Waals surface area contributed by atoms with Gasteiger partial charge in [-0.25, -0.2) is 4.79 Å². The maximum Gasteiger partial charge on any atom is 0.326 e. The molecule has 0 fully saturated rings. The number of aromatic nitrogens is 1. The summed E-state index contributed by atoms with van der Waals surface area (Å²) in [6.45, 7) is 3.58. The van der Waals surface area contributed by atoms with E-state index < -0.39 is 18.1 Å². The van der Waals surface area contributed by atoms with Gasteiger partial charge in [0.05, 0.1) is 6.04 Å². The van der Waals surface area contributed by atoms with Crippen molar-refractivity contribution in [3.8, 4) is 0 Å². The summed E-state index contributed by atoms with van der Waals surface area (Å²) in [4.78, 5) is 26.4. The summed E-state index contributed by atoms with van der Waals surface area (Å²) in [6.07, 6.45) is 0. The third-order valence-corrected chi connectivity index (χ3v) is 5.27. The zero-order valence-corrected chi connectivity index (χ0v) is 14.9. The Labute approximate surface area is 151 Å². The molecular formula is C21H20N2O3. The van der Waals surface area contributed by atoms with Gasteiger partial charge < -0.3 is 14.6 Å². The predicted octanol–water partition coefficient (Wildman–Crippen LogP) is 3.51. The molecule has 132 valence electrons.